The van der Waals surface area contributed by atoms with Crippen molar-refractivity contribution in [2.24, 2.45) is 0 Å². The molecule has 0 aromatic heterocycles. The molecule has 1 fully saturated rings. The number of nitrogens with one attached hydrogen (secondary N) is 1. The molecular formula is C23H28N2O4. The number of likely N-dealkylation sites (tertiary alicyclic amines) is 1. The lowest BCUT2D eigenvalue weighted by atomic mass is 10.1. The first-order valence-corrected chi connectivity index (χ1v) is 9.94. The van der Waals surface area contributed by atoms with Crippen LogP contribution in [0.4, 0.5) is 0 Å². The lowest BCUT2D eigenvalue weighted by molar-refractivity contribution is -0.140. The summed E-state index contributed by atoms with van der Waals surface area (Å²) in [6.07, 6.45) is 2.83. The third kappa shape index (κ3) is 5.28. The van der Waals surface area contributed by atoms with Crippen LogP contribution in [-0.4, -0.2) is 37.0 Å². The van der Waals surface area contributed by atoms with Gasteiger partial charge in [0.1, 0.15) is 17.5 Å². The van der Waals surface area contributed by atoms with Gasteiger partial charge < -0.3 is 19.7 Å². The molecule has 6 heteroatoms. The number of ether oxygens (including phenoxy) is 2. The van der Waals surface area contributed by atoms with E-state index >= 15 is 0 Å². The molecule has 3 rings (SSSR count). The van der Waals surface area contributed by atoms with Crippen molar-refractivity contribution in [3.05, 3.63) is 59.7 Å². The molecule has 0 radical (unpaired) electrons. The van der Waals surface area contributed by atoms with E-state index in [9.17, 15) is 9.59 Å². The van der Waals surface area contributed by atoms with Crippen molar-refractivity contribution in [3.8, 4) is 11.5 Å². The molecule has 2 aromatic carbocycles. The minimum absolute atomic E-state index is 0.0328. The summed E-state index contributed by atoms with van der Waals surface area (Å²) in [5, 5.41) is 2.99. The van der Waals surface area contributed by atoms with Crippen LogP contribution in [0.15, 0.2) is 48.5 Å². The predicted molar refractivity (Wildman–Crippen MR) is 111 cm³/mol. The molecule has 1 aliphatic heterocycles. The highest BCUT2D eigenvalue weighted by Crippen LogP contribution is 2.25. The van der Waals surface area contributed by atoms with Gasteiger partial charge >= 0.3 is 0 Å². The highest BCUT2D eigenvalue weighted by atomic mass is 16.5. The van der Waals surface area contributed by atoms with E-state index in [0.29, 0.717) is 37.4 Å². The fourth-order valence-corrected chi connectivity index (χ4v) is 3.66. The van der Waals surface area contributed by atoms with Crippen LogP contribution < -0.4 is 14.8 Å². The van der Waals surface area contributed by atoms with E-state index in [1.165, 1.54) is 0 Å². The lowest BCUT2D eigenvalue weighted by Gasteiger charge is -2.29. The molecule has 29 heavy (non-hydrogen) atoms. The molecule has 154 valence electrons. The summed E-state index contributed by atoms with van der Waals surface area (Å²) < 4.78 is 10.7. The molecule has 2 aromatic rings. The van der Waals surface area contributed by atoms with Crippen molar-refractivity contribution < 1.29 is 19.1 Å². The Kier molecular flexibility index (Phi) is 7.11. The molecule has 1 N–H and O–H groups in total. The second-order valence-corrected chi connectivity index (χ2v) is 7.16. The Morgan fingerprint density at radius 1 is 1.10 bits per heavy atom. The number of amides is 2. The Morgan fingerprint density at radius 2 is 1.90 bits per heavy atom. The van der Waals surface area contributed by atoms with Gasteiger partial charge in [0.25, 0.3) is 0 Å². The Morgan fingerprint density at radius 3 is 2.62 bits per heavy atom. The second kappa shape index (κ2) is 9.96. The number of methoxy groups -OCH3 is 2. The lowest BCUT2D eigenvalue weighted by Crippen LogP contribution is -2.48. The van der Waals surface area contributed by atoms with Crippen LogP contribution in [0.2, 0.25) is 0 Å². The van der Waals surface area contributed by atoms with E-state index in [1.54, 1.807) is 19.1 Å². The fraction of sp³-hybridized carbons (Fsp3) is 0.391. The maximum Gasteiger partial charge on any atom is 0.243 e. The van der Waals surface area contributed by atoms with Gasteiger partial charge in [0.15, 0.2) is 0 Å². The Bertz CT molecular complexity index is 838. The van der Waals surface area contributed by atoms with Crippen LogP contribution in [0.1, 0.15) is 36.8 Å². The van der Waals surface area contributed by atoms with Crippen molar-refractivity contribution in [2.45, 2.75) is 44.8 Å². The largest absolute Gasteiger partial charge is 0.497 e. The SMILES string of the molecule is COc1ccc(OC)c(CNC(=O)C2CCCCC(=O)N2Cc2ccccc2)c1. The quantitative estimate of drug-likeness (QED) is 0.780. The third-order valence-corrected chi connectivity index (χ3v) is 5.25. The average Bonchev–Trinajstić information content (AvgIpc) is 2.94. The topological polar surface area (TPSA) is 67.9 Å². The van der Waals surface area contributed by atoms with Crippen LogP contribution in [0.5, 0.6) is 11.5 Å². The molecule has 0 aliphatic carbocycles. The van der Waals surface area contributed by atoms with Crippen LogP contribution in [-0.2, 0) is 22.7 Å². The van der Waals surface area contributed by atoms with E-state index in [4.69, 9.17) is 9.47 Å². The molecule has 1 atom stereocenters. The summed E-state index contributed by atoms with van der Waals surface area (Å²) in [6, 6.07) is 14.8. The summed E-state index contributed by atoms with van der Waals surface area (Å²) in [7, 11) is 3.20. The normalized spacial score (nSPS) is 16.8. The molecule has 0 spiro atoms. The molecule has 2 amide bonds. The maximum absolute atomic E-state index is 13.0. The van der Waals surface area contributed by atoms with E-state index < -0.39 is 6.04 Å². The summed E-state index contributed by atoms with van der Waals surface area (Å²) in [5.74, 6) is 1.28. The standard InChI is InChI=1S/C23H28N2O4/c1-28-19-12-13-21(29-2)18(14-19)15-24-23(27)20-10-6-7-11-22(26)25(20)16-17-8-4-3-5-9-17/h3-5,8-9,12-14,20H,6-7,10-11,15-16H2,1-2H3,(H,24,27). The van der Waals surface area contributed by atoms with Crippen molar-refractivity contribution in [2.75, 3.05) is 14.2 Å². The number of hydrogen-bond donors (Lipinski definition) is 1. The van der Waals surface area contributed by atoms with Crippen LogP contribution in [0, 0.1) is 0 Å². The first-order valence-electron chi connectivity index (χ1n) is 9.94. The smallest absolute Gasteiger partial charge is 0.243 e. The number of rotatable bonds is 7. The van der Waals surface area contributed by atoms with Crippen molar-refractivity contribution in [1.29, 1.82) is 0 Å². The number of nitrogens with zero attached hydrogens (tertiary/aromatic N) is 1. The highest BCUT2D eigenvalue weighted by molar-refractivity contribution is 5.88. The number of benzene rings is 2. The minimum Gasteiger partial charge on any atom is -0.497 e. The minimum atomic E-state index is -0.471. The van der Waals surface area contributed by atoms with E-state index in [2.05, 4.69) is 5.32 Å². The second-order valence-electron chi connectivity index (χ2n) is 7.16. The number of hydrogen-bond acceptors (Lipinski definition) is 4. The molecule has 1 aliphatic rings. The van der Waals surface area contributed by atoms with Gasteiger partial charge in [-0.3, -0.25) is 9.59 Å². The van der Waals surface area contributed by atoms with E-state index in [1.807, 2.05) is 48.5 Å². The van der Waals surface area contributed by atoms with Gasteiger partial charge in [-0.05, 0) is 36.6 Å². The van der Waals surface area contributed by atoms with Crippen LogP contribution >= 0.6 is 0 Å². The fourth-order valence-electron chi connectivity index (χ4n) is 3.66. The monoisotopic (exact) mass is 396 g/mol. The van der Waals surface area contributed by atoms with Gasteiger partial charge in [-0.25, -0.2) is 0 Å². The van der Waals surface area contributed by atoms with Crippen molar-refractivity contribution in [3.63, 3.8) is 0 Å². The van der Waals surface area contributed by atoms with E-state index in [0.717, 1.165) is 24.0 Å². The van der Waals surface area contributed by atoms with Crippen molar-refractivity contribution in [1.82, 2.24) is 10.2 Å². The molecular weight excluding hydrogens is 368 g/mol. The zero-order valence-corrected chi connectivity index (χ0v) is 17.0. The zero-order valence-electron chi connectivity index (χ0n) is 17.0. The number of carbonyl (C=O) groups is 2. The van der Waals surface area contributed by atoms with Crippen LogP contribution in [0.25, 0.3) is 0 Å². The molecule has 1 unspecified atom stereocenters. The molecule has 6 nitrogen and oxygen atoms in total. The van der Waals surface area contributed by atoms with Crippen LogP contribution in [0.3, 0.4) is 0 Å². The summed E-state index contributed by atoms with van der Waals surface area (Å²) in [4.78, 5) is 27.5. The number of carbonyl (C=O) groups excluding carboxylic acids is 2. The Balaban J connectivity index is 1.74. The first kappa shape index (κ1) is 20.7. The Labute approximate surface area is 171 Å². The zero-order chi connectivity index (χ0) is 20.6. The van der Waals surface area contributed by atoms with Gasteiger partial charge in [-0.1, -0.05) is 36.8 Å². The average molecular weight is 396 g/mol. The highest BCUT2D eigenvalue weighted by Gasteiger charge is 2.31. The van der Waals surface area contributed by atoms with Gasteiger partial charge in [0, 0.05) is 25.1 Å². The Hall–Kier alpha value is -3.02. The molecule has 0 saturated carbocycles. The third-order valence-electron chi connectivity index (χ3n) is 5.25. The summed E-state index contributed by atoms with van der Waals surface area (Å²) >= 11 is 0. The molecule has 0 bridgehead atoms. The summed E-state index contributed by atoms with van der Waals surface area (Å²) in [6.45, 7) is 0.753. The van der Waals surface area contributed by atoms with Gasteiger partial charge in [-0.15, -0.1) is 0 Å². The first-order chi connectivity index (χ1) is 14.1. The predicted octanol–water partition coefficient (Wildman–Crippen LogP) is 3.29. The van der Waals surface area contributed by atoms with Gasteiger partial charge in [0.05, 0.1) is 14.2 Å². The van der Waals surface area contributed by atoms with Crippen molar-refractivity contribution >= 4 is 11.8 Å². The van der Waals surface area contributed by atoms with Gasteiger partial charge in [0.2, 0.25) is 11.8 Å². The summed E-state index contributed by atoms with van der Waals surface area (Å²) in [5.41, 5.74) is 1.85. The maximum atomic E-state index is 13.0. The molecule has 1 saturated heterocycles. The molecule has 1 heterocycles. The van der Waals surface area contributed by atoms with Gasteiger partial charge in [-0.2, -0.15) is 0 Å². The van der Waals surface area contributed by atoms with E-state index in [-0.39, 0.29) is 11.8 Å².